The molecular weight excluding hydrogens is 218 g/mol. The maximum absolute atomic E-state index is 10.8. The fourth-order valence-corrected chi connectivity index (χ4v) is 3.11. The SMILES string of the molecule is CCN1CSc2cc(S(=O)O)ccc21. The molecule has 1 aliphatic rings. The van der Waals surface area contributed by atoms with Crippen molar-refractivity contribution in [2.45, 2.75) is 16.7 Å². The highest BCUT2D eigenvalue weighted by molar-refractivity contribution is 7.99. The maximum atomic E-state index is 10.8. The first-order valence-corrected chi connectivity index (χ1v) is 6.44. The number of nitrogens with zero attached hydrogens (tertiary/aromatic N) is 1. The Hall–Kier alpha value is -0.520. The minimum Gasteiger partial charge on any atom is -0.361 e. The van der Waals surface area contributed by atoms with Gasteiger partial charge in [0.15, 0.2) is 11.1 Å². The van der Waals surface area contributed by atoms with Crippen LogP contribution in [0.3, 0.4) is 0 Å². The molecule has 1 heterocycles. The summed E-state index contributed by atoms with van der Waals surface area (Å²) < 4.78 is 19.8. The molecule has 2 rings (SSSR count). The Morgan fingerprint density at radius 2 is 2.43 bits per heavy atom. The van der Waals surface area contributed by atoms with Gasteiger partial charge in [-0.05, 0) is 25.1 Å². The van der Waals surface area contributed by atoms with Crippen LogP contribution in [-0.2, 0) is 11.1 Å². The van der Waals surface area contributed by atoms with Crippen molar-refractivity contribution in [3.8, 4) is 0 Å². The van der Waals surface area contributed by atoms with Crippen LogP contribution in [0.25, 0.3) is 0 Å². The number of thioether (sulfide) groups is 1. The van der Waals surface area contributed by atoms with E-state index in [4.69, 9.17) is 4.55 Å². The van der Waals surface area contributed by atoms with Crippen molar-refractivity contribution in [3.63, 3.8) is 0 Å². The fraction of sp³-hybridized carbons (Fsp3) is 0.333. The van der Waals surface area contributed by atoms with Gasteiger partial charge in [0.05, 0.1) is 16.5 Å². The van der Waals surface area contributed by atoms with Crippen LogP contribution < -0.4 is 4.90 Å². The molecule has 0 saturated carbocycles. The van der Waals surface area contributed by atoms with E-state index in [0.717, 1.165) is 17.3 Å². The van der Waals surface area contributed by atoms with Crippen molar-refractivity contribution in [2.24, 2.45) is 0 Å². The van der Waals surface area contributed by atoms with Gasteiger partial charge in [0.25, 0.3) is 0 Å². The Balaban J connectivity index is 2.39. The molecule has 0 saturated heterocycles. The topological polar surface area (TPSA) is 40.5 Å². The van der Waals surface area contributed by atoms with E-state index >= 15 is 0 Å². The molecule has 0 amide bonds. The van der Waals surface area contributed by atoms with Gasteiger partial charge < -0.3 is 9.45 Å². The Morgan fingerprint density at radius 1 is 1.64 bits per heavy atom. The number of hydrogen-bond acceptors (Lipinski definition) is 3. The van der Waals surface area contributed by atoms with Crippen LogP contribution in [0.15, 0.2) is 28.0 Å². The lowest BCUT2D eigenvalue weighted by atomic mass is 10.3. The van der Waals surface area contributed by atoms with Gasteiger partial charge in [0.1, 0.15) is 0 Å². The summed E-state index contributed by atoms with van der Waals surface area (Å²) in [6.07, 6.45) is 0. The normalized spacial score (nSPS) is 16.9. The van der Waals surface area contributed by atoms with E-state index in [9.17, 15) is 4.21 Å². The first-order valence-electron chi connectivity index (χ1n) is 4.35. The monoisotopic (exact) mass is 229 g/mol. The molecule has 0 radical (unpaired) electrons. The average Bonchev–Trinajstić information content (AvgIpc) is 2.59. The average molecular weight is 229 g/mol. The quantitative estimate of drug-likeness (QED) is 0.789. The predicted octanol–water partition coefficient (Wildman–Crippen LogP) is 2.16. The van der Waals surface area contributed by atoms with E-state index in [1.54, 1.807) is 23.9 Å². The van der Waals surface area contributed by atoms with Crippen molar-refractivity contribution in [1.82, 2.24) is 0 Å². The molecule has 1 aromatic carbocycles. The van der Waals surface area contributed by atoms with E-state index in [-0.39, 0.29) is 0 Å². The minimum atomic E-state index is -1.87. The third kappa shape index (κ3) is 1.67. The number of hydrogen-bond donors (Lipinski definition) is 1. The Bertz CT molecular complexity index is 381. The predicted molar refractivity (Wildman–Crippen MR) is 59.2 cm³/mol. The second-order valence-corrected chi connectivity index (χ2v) is 4.96. The third-order valence-electron chi connectivity index (χ3n) is 2.23. The van der Waals surface area contributed by atoms with Gasteiger partial charge in [0, 0.05) is 11.4 Å². The van der Waals surface area contributed by atoms with Gasteiger partial charge >= 0.3 is 0 Å². The second kappa shape index (κ2) is 3.92. The van der Waals surface area contributed by atoms with Gasteiger partial charge in [0.2, 0.25) is 0 Å². The lowest BCUT2D eigenvalue weighted by Gasteiger charge is -2.14. The van der Waals surface area contributed by atoms with Crippen LogP contribution in [0.2, 0.25) is 0 Å². The molecule has 0 bridgehead atoms. The minimum absolute atomic E-state index is 0.481. The van der Waals surface area contributed by atoms with Crippen molar-refractivity contribution >= 4 is 28.5 Å². The number of anilines is 1. The van der Waals surface area contributed by atoms with Crippen molar-refractivity contribution in [1.29, 1.82) is 0 Å². The summed E-state index contributed by atoms with van der Waals surface area (Å²) >= 11 is -0.154. The summed E-state index contributed by atoms with van der Waals surface area (Å²) in [6, 6.07) is 5.43. The molecule has 0 aromatic heterocycles. The van der Waals surface area contributed by atoms with Crippen LogP contribution in [-0.4, -0.2) is 21.2 Å². The summed E-state index contributed by atoms with van der Waals surface area (Å²) in [5.41, 5.74) is 1.17. The number of rotatable bonds is 2. The highest BCUT2D eigenvalue weighted by Crippen LogP contribution is 2.38. The van der Waals surface area contributed by atoms with Gasteiger partial charge in [-0.25, -0.2) is 4.21 Å². The highest BCUT2D eigenvalue weighted by atomic mass is 32.2. The molecule has 0 aliphatic carbocycles. The highest BCUT2D eigenvalue weighted by Gasteiger charge is 2.18. The van der Waals surface area contributed by atoms with Gasteiger partial charge in [-0.1, -0.05) is 0 Å². The molecule has 1 atom stereocenters. The molecule has 1 aliphatic heterocycles. The van der Waals surface area contributed by atoms with Crippen molar-refractivity contribution < 1.29 is 8.76 Å². The zero-order valence-corrected chi connectivity index (χ0v) is 9.40. The van der Waals surface area contributed by atoms with Crippen molar-refractivity contribution in [3.05, 3.63) is 18.2 Å². The Morgan fingerprint density at radius 3 is 3.07 bits per heavy atom. The first kappa shape index (κ1) is 10.0. The zero-order chi connectivity index (χ0) is 10.1. The van der Waals surface area contributed by atoms with Gasteiger partial charge in [-0.3, -0.25) is 0 Å². The molecule has 1 unspecified atom stereocenters. The summed E-state index contributed by atoms with van der Waals surface area (Å²) in [5.74, 6) is 0.938. The van der Waals surface area contributed by atoms with E-state index in [1.165, 1.54) is 5.69 Å². The van der Waals surface area contributed by atoms with E-state index in [0.29, 0.717) is 4.90 Å². The lowest BCUT2D eigenvalue weighted by Crippen LogP contribution is -2.17. The Labute approximate surface area is 89.8 Å². The van der Waals surface area contributed by atoms with E-state index in [2.05, 4.69) is 11.8 Å². The lowest BCUT2D eigenvalue weighted by molar-refractivity contribution is 0.564. The van der Waals surface area contributed by atoms with Crippen LogP contribution in [0, 0.1) is 0 Å². The molecule has 3 nitrogen and oxygen atoms in total. The Kier molecular flexibility index (Phi) is 2.80. The largest absolute Gasteiger partial charge is 0.361 e. The fourth-order valence-electron chi connectivity index (χ4n) is 1.46. The van der Waals surface area contributed by atoms with E-state index in [1.807, 2.05) is 6.07 Å². The number of fused-ring (bicyclic) bond motifs is 1. The summed E-state index contributed by atoms with van der Waals surface area (Å²) in [6.45, 7) is 3.08. The summed E-state index contributed by atoms with van der Waals surface area (Å²) in [4.78, 5) is 3.82. The molecule has 76 valence electrons. The van der Waals surface area contributed by atoms with Gasteiger partial charge in [-0.2, -0.15) is 0 Å². The number of benzene rings is 1. The standard InChI is InChI=1S/C9H11NO2S2/c1-2-10-6-13-9-5-7(14(11)12)3-4-8(9)10/h3-5H,2,6H2,1H3,(H,11,12). The van der Waals surface area contributed by atoms with Crippen LogP contribution in [0.1, 0.15) is 6.92 Å². The summed E-state index contributed by atoms with van der Waals surface area (Å²) in [5, 5.41) is 0. The van der Waals surface area contributed by atoms with Gasteiger partial charge in [-0.15, -0.1) is 11.8 Å². The first-order chi connectivity index (χ1) is 6.72. The van der Waals surface area contributed by atoms with Crippen LogP contribution in [0.4, 0.5) is 5.69 Å². The van der Waals surface area contributed by atoms with Crippen LogP contribution >= 0.6 is 11.8 Å². The molecular formula is C9H11NO2S2. The maximum Gasteiger partial charge on any atom is 0.186 e. The molecule has 0 spiro atoms. The third-order valence-corrected chi connectivity index (χ3v) is 3.97. The second-order valence-electron chi connectivity index (χ2n) is 3.01. The summed E-state index contributed by atoms with van der Waals surface area (Å²) in [7, 11) is 0. The molecule has 1 aromatic rings. The molecule has 1 N–H and O–H groups in total. The molecule has 5 heteroatoms. The molecule has 0 fully saturated rings. The van der Waals surface area contributed by atoms with E-state index < -0.39 is 11.1 Å². The molecule has 14 heavy (non-hydrogen) atoms. The zero-order valence-electron chi connectivity index (χ0n) is 7.77. The smallest absolute Gasteiger partial charge is 0.186 e. The van der Waals surface area contributed by atoms with Crippen molar-refractivity contribution in [2.75, 3.05) is 17.3 Å². The van der Waals surface area contributed by atoms with Crippen LogP contribution in [0.5, 0.6) is 0 Å².